The van der Waals surface area contributed by atoms with Gasteiger partial charge in [0.1, 0.15) is 29.1 Å². The van der Waals surface area contributed by atoms with Crippen LogP contribution in [0.5, 0.6) is 5.75 Å². The number of hydrogen-bond acceptors (Lipinski definition) is 9. The third-order valence-electron chi connectivity index (χ3n) is 8.48. The first-order chi connectivity index (χ1) is 18.9. The number of likely N-dealkylation sites (tertiary alicyclic amines) is 1. The molecule has 3 aromatic rings. The van der Waals surface area contributed by atoms with Crippen LogP contribution in [0, 0.1) is 0 Å². The Morgan fingerprint density at radius 3 is 2.58 bits per heavy atom. The number of fused-ring (bicyclic) bond motifs is 3. The first-order valence-electron chi connectivity index (χ1n) is 14.1. The molecule has 0 unspecified atom stereocenters. The molecule has 0 saturated carbocycles. The number of anilines is 4. The molecule has 9 heteroatoms. The molecule has 9 nitrogen and oxygen atoms in total. The second kappa shape index (κ2) is 9.68. The number of aromatic nitrogens is 3. The van der Waals surface area contributed by atoms with Crippen molar-refractivity contribution in [3.05, 3.63) is 59.9 Å². The molecule has 1 aromatic carbocycles. The monoisotopic (exact) mass is 544 g/mol. The third kappa shape index (κ3) is 5.02. The molecule has 2 saturated heterocycles. The molecule has 3 aliphatic heterocycles. The predicted molar refractivity (Wildman–Crippen MR) is 156 cm³/mol. The Balaban J connectivity index is 1.31. The van der Waals surface area contributed by atoms with E-state index in [0.717, 1.165) is 54.6 Å². The third-order valence-corrected chi connectivity index (χ3v) is 8.48. The number of ether oxygens (including phenoxy) is 2. The first kappa shape index (κ1) is 26.9. The maximum Gasteiger partial charge on any atom is 0.229 e. The SMILES string of the molecule is CN1CC[C@H](Oc2ccc(Nc3ncc4c(n3)N(c3cccc(C(C)(C)O)n3)[C@@H]3CC(C)(C)OC[C@]43C)cc2)C1. The van der Waals surface area contributed by atoms with E-state index >= 15 is 0 Å². The second-order valence-corrected chi connectivity index (χ2v) is 12.9. The van der Waals surface area contributed by atoms with Gasteiger partial charge in [0.05, 0.1) is 23.9 Å². The van der Waals surface area contributed by atoms with Crippen LogP contribution in [0.15, 0.2) is 48.7 Å². The Hall–Kier alpha value is -3.27. The van der Waals surface area contributed by atoms with Crippen LogP contribution in [0.25, 0.3) is 0 Å². The summed E-state index contributed by atoms with van der Waals surface area (Å²) in [6.45, 7) is 12.6. The van der Waals surface area contributed by atoms with Crippen LogP contribution in [-0.4, -0.2) is 69.4 Å². The lowest BCUT2D eigenvalue weighted by atomic mass is 9.73. The minimum atomic E-state index is -1.06. The van der Waals surface area contributed by atoms with Crippen molar-refractivity contribution in [2.75, 3.05) is 37.0 Å². The van der Waals surface area contributed by atoms with E-state index in [2.05, 4.69) is 42.9 Å². The van der Waals surface area contributed by atoms with Gasteiger partial charge in [-0.1, -0.05) is 13.0 Å². The molecule has 2 aromatic heterocycles. The number of likely N-dealkylation sites (N-methyl/N-ethyl adjacent to an activating group) is 1. The summed E-state index contributed by atoms with van der Waals surface area (Å²) in [5.41, 5.74) is 0.896. The topological polar surface area (TPSA) is 95.9 Å². The average molecular weight is 545 g/mol. The van der Waals surface area contributed by atoms with Crippen LogP contribution in [-0.2, 0) is 15.8 Å². The van der Waals surface area contributed by atoms with E-state index < -0.39 is 5.60 Å². The van der Waals surface area contributed by atoms with E-state index in [-0.39, 0.29) is 23.2 Å². The molecular formula is C31H40N6O3. The van der Waals surface area contributed by atoms with E-state index in [4.69, 9.17) is 24.4 Å². The van der Waals surface area contributed by atoms with Gasteiger partial charge < -0.3 is 29.7 Å². The molecule has 0 amide bonds. The van der Waals surface area contributed by atoms with Crippen molar-refractivity contribution in [1.82, 2.24) is 19.9 Å². The molecule has 212 valence electrons. The van der Waals surface area contributed by atoms with Crippen LogP contribution >= 0.6 is 0 Å². The highest BCUT2D eigenvalue weighted by atomic mass is 16.5. The molecule has 0 spiro atoms. The lowest BCUT2D eigenvalue weighted by Crippen LogP contribution is -2.54. The highest BCUT2D eigenvalue weighted by Gasteiger charge is 2.55. The predicted octanol–water partition coefficient (Wildman–Crippen LogP) is 4.90. The van der Waals surface area contributed by atoms with E-state index in [0.29, 0.717) is 18.2 Å². The Kier molecular flexibility index (Phi) is 6.52. The van der Waals surface area contributed by atoms with Gasteiger partial charge >= 0.3 is 0 Å². The minimum absolute atomic E-state index is 0.0754. The summed E-state index contributed by atoms with van der Waals surface area (Å²) < 4.78 is 12.5. The number of aliphatic hydroxyl groups is 1. The fourth-order valence-corrected chi connectivity index (χ4v) is 6.09. The van der Waals surface area contributed by atoms with Crippen LogP contribution in [0.3, 0.4) is 0 Å². The lowest BCUT2D eigenvalue weighted by molar-refractivity contribution is -0.0893. The second-order valence-electron chi connectivity index (χ2n) is 12.9. The summed E-state index contributed by atoms with van der Waals surface area (Å²) in [6, 6.07) is 13.8. The number of pyridine rings is 1. The fourth-order valence-electron chi connectivity index (χ4n) is 6.09. The molecule has 2 fully saturated rings. The van der Waals surface area contributed by atoms with Crippen LogP contribution in [0.4, 0.5) is 23.3 Å². The molecule has 40 heavy (non-hydrogen) atoms. The van der Waals surface area contributed by atoms with Crippen molar-refractivity contribution in [3.8, 4) is 5.75 Å². The summed E-state index contributed by atoms with van der Waals surface area (Å²) in [4.78, 5) is 19.2. The van der Waals surface area contributed by atoms with Gasteiger partial charge in [0, 0.05) is 36.0 Å². The molecular weight excluding hydrogens is 504 g/mol. The minimum Gasteiger partial charge on any atom is -0.489 e. The highest BCUT2D eigenvalue weighted by Crippen LogP contribution is 2.53. The number of nitrogens with zero attached hydrogens (tertiary/aromatic N) is 5. The number of nitrogens with one attached hydrogen (secondary N) is 1. The molecule has 5 heterocycles. The zero-order chi connectivity index (χ0) is 28.3. The van der Waals surface area contributed by atoms with E-state index in [1.165, 1.54) is 0 Å². The van der Waals surface area contributed by atoms with E-state index in [1.807, 2.05) is 48.7 Å². The van der Waals surface area contributed by atoms with Crippen molar-refractivity contribution >= 4 is 23.3 Å². The average Bonchev–Trinajstić information content (AvgIpc) is 3.42. The lowest BCUT2D eigenvalue weighted by Gasteiger charge is -2.46. The molecule has 2 N–H and O–H groups in total. The molecule has 3 aliphatic rings. The summed E-state index contributed by atoms with van der Waals surface area (Å²) in [5.74, 6) is 2.95. The summed E-state index contributed by atoms with van der Waals surface area (Å²) >= 11 is 0. The van der Waals surface area contributed by atoms with Crippen LogP contribution in [0.2, 0.25) is 0 Å². The van der Waals surface area contributed by atoms with Crippen molar-refractivity contribution in [2.24, 2.45) is 0 Å². The Morgan fingerprint density at radius 2 is 1.88 bits per heavy atom. The van der Waals surface area contributed by atoms with Crippen molar-refractivity contribution in [2.45, 2.75) is 76.2 Å². The van der Waals surface area contributed by atoms with Gasteiger partial charge in [-0.2, -0.15) is 4.98 Å². The van der Waals surface area contributed by atoms with Crippen molar-refractivity contribution < 1.29 is 14.6 Å². The van der Waals surface area contributed by atoms with E-state index in [9.17, 15) is 5.11 Å². The molecule has 0 aliphatic carbocycles. The first-order valence-corrected chi connectivity index (χ1v) is 14.1. The molecule has 0 radical (unpaired) electrons. The molecule has 0 bridgehead atoms. The number of benzene rings is 1. The zero-order valence-electron chi connectivity index (χ0n) is 24.3. The number of rotatable bonds is 6. The van der Waals surface area contributed by atoms with Crippen molar-refractivity contribution in [1.29, 1.82) is 0 Å². The Labute approximate surface area is 236 Å². The smallest absolute Gasteiger partial charge is 0.229 e. The van der Waals surface area contributed by atoms with E-state index in [1.54, 1.807) is 13.8 Å². The summed E-state index contributed by atoms with van der Waals surface area (Å²) in [5, 5.41) is 14.1. The maximum atomic E-state index is 10.7. The number of hydrogen-bond donors (Lipinski definition) is 2. The van der Waals surface area contributed by atoms with Gasteiger partial charge in [-0.05, 0) is 84.0 Å². The van der Waals surface area contributed by atoms with Gasteiger partial charge in [-0.3, -0.25) is 0 Å². The van der Waals surface area contributed by atoms with Gasteiger partial charge in [-0.15, -0.1) is 0 Å². The van der Waals surface area contributed by atoms with Gasteiger partial charge in [0.25, 0.3) is 0 Å². The summed E-state index contributed by atoms with van der Waals surface area (Å²) in [6.07, 6.45) is 4.01. The van der Waals surface area contributed by atoms with Gasteiger partial charge in [-0.25, -0.2) is 9.97 Å². The van der Waals surface area contributed by atoms with Crippen LogP contribution < -0.4 is 15.0 Å². The fraction of sp³-hybridized carbons (Fsp3) is 0.516. The van der Waals surface area contributed by atoms with Gasteiger partial charge in [0.15, 0.2) is 0 Å². The van der Waals surface area contributed by atoms with Crippen molar-refractivity contribution in [3.63, 3.8) is 0 Å². The standard InChI is InChI=1S/C31H40N6O3/c1-29(2)16-25-31(5,19-39-29)23-17-32-28(33-20-10-12-21(13-11-20)40-22-14-15-36(6)18-22)35-27(23)37(25)26-9-7-8-24(34-26)30(3,4)38/h7-13,17,22,25,38H,14-16,18-19H2,1-6H3,(H,32,33,35)/t22-,25+,31+/m0/s1. The summed E-state index contributed by atoms with van der Waals surface area (Å²) in [7, 11) is 2.12. The maximum absolute atomic E-state index is 10.7. The Bertz CT molecular complexity index is 1390. The highest BCUT2D eigenvalue weighted by molar-refractivity contribution is 5.71. The quantitative estimate of drug-likeness (QED) is 0.449. The Morgan fingerprint density at radius 1 is 1.10 bits per heavy atom. The van der Waals surface area contributed by atoms with Crippen LogP contribution in [0.1, 0.15) is 58.7 Å². The largest absolute Gasteiger partial charge is 0.489 e. The molecule has 6 rings (SSSR count). The normalized spacial score (nSPS) is 25.9. The van der Waals surface area contributed by atoms with Gasteiger partial charge in [0.2, 0.25) is 5.95 Å². The zero-order valence-corrected chi connectivity index (χ0v) is 24.3. The molecule has 3 atom stereocenters.